The Bertz CT molecular complexity index is 596. The van der Waals surface area contributed by atoms with Gasteiger partial charge in [0.15, 0.2) is 0 Å². The molecule has 2 N–H and O–H groups in total. The van der Waals surface area contributed by atoms with Crippen LogP contribution in [0.4, 0.5) is 10.1 Å². The molecule has 0 aliphatic heterocycles. The highest BCUT2D eigenvalue weighted by molar-refractivity contribution is 5.87. The predicted octanol–water partition coefficient (Wildman–Crippen LogP) is 3.40. The molecule has 0 spiro atoms. The highest BCUT2D eigenvalue weighted by Crippen LogP contribution is 2.14. The van der Waals surface area contributed by atoms with Gasteiger partial charge in [0.05, 0.1) is 12.1 Å². The smallest absolute Gasteiger partial charge is 0.335 e. The van der Waals surface area contributed by atoms with E-state index in [4.69, 9.17) is 9.84 Å². The lowest BCUT2D eigenvalue weighted by Gasteiger charge is -2.16. The van der Waals surface area contributed by atoms with E-state index in [9.17, 15) is 9.18 Å². The van der Waals surface area contributed by atoms with Crippen LogP contribution in [0.3, 0.4) is 0 Å². The largest absolute Gasteiger partial charge is 0.489 e. The number of benzene rings is 2. The first kappa shape index (κ1) is 14.8. The molecule has 0 aliphatic rings. The van der Waals surface area contributed by atoms with Gasteiger partial charge in [-0.25, -0.2) is 9.18 Å². The Hall–Kier alpha value is -2.56. The first-order valence-corrected chi connectivity index (χ1v) is 6.54. The monoisotopic (exact) mass is 289 g/mol. The SMILES string of the molecule is CC(CNc1ccc(C(=O)O)cc1)Oc1ccc(F)cc1. The number of carboxylic acids is 1. The van der Waals surface area contributed by atoms with E-state index in [0.29, 0.717) is 12.3 Å². The standard InChI is InChI=1S/C16H16FNO3/c1-11(21-15-8-4-13(17)5-9-15)10-18-14-6-2-12(3-7-14)16(19)20/h2-9,11,18H,10H2,1H3,(H,19,20). The maximum Gasteiger partial charge on any atom is 0.335 e. The third-order valence-electron chi connectivity index (χ3n) is 2.88. The molecule has 0 bridgehead atoms. The molecule has 0 aromatic heterocycles. The van der Waals surface area contributed by atoms with Gasteiger partial charge in [-0.15, -0.1) is 0 Å². The summed E-state index contributed by atoms with van der Waals surface area (Å²) < 4.78 is 18.4. The molecular weight excluding hydrogens is 273 g/mol. The number of hydrogen-bond acceptors (Lipinski definition) is 3. The van der Waals surface area contributed by atoms with E-state index in [1.807, 2.05) is 6.92 Å². The molecule has 4 nitrogen and oxygen atoms in total. The van der Waals surface area contributed by atoms with Gasteiger partial charge in [-0.1, -0.05) is 0 Å². The average molecular weight is 289 g/mol. The summed E-state index contributed by atoms with van der Waals surface area (Å²) in [5, 5.41) is 12.0. The Morgan fingerprint density at radius 1 is 1.19 bits per heavy atom. The van der Waals surface area contributed by atoms with Crippen LogP contribution in [0.25, 0.3) is 0 Å². The number of nitrogens with one attached hydrogen (secondary N) is 1. The van der Waals surface area contributed by atoms with Crippen molar-refractivity contribution in [1.29, 1.82) is 0 Å². The molecule has 2 aromatic carbocycles. The van der Waals surface area contributed by atoms with E-state index in [2.05, 4.69) is 5.32 Å². The van der Waals surface area contributed by atoms with Crippen molar-refractivity contribution in [3.8, 4) is 5.75 Å². The molecule has 2 aromatic rings. The Labute approximate surface area is 122 Å². The summed E-state index contributed by atoms with van der Waals surface area (Å²) in [6.07, 6.45) is -0.116. The van der Waals surface area contributed by atoms with Crippen LogP contribution in [0.5, 0.6) is 5.75 Å². The average Bonchev–Trinajstić information content (AvgIpc) is 2.48. The lowest BCUT2D eigenvalue weighted by Crippen LogP contribution is -2.22. The van der Waals surface area contributed by atoms with Crippen LogP contribution in [0, 0.1) is 5.82 Å². The van der Waals surface area contributed by atoms with Crippen LogP contribution in [-0.4, -0.2) is 23.7 Å². The van der Waals surface area contributed by atoms with E-state index < -0.39 is 5.97 Å². The van der Waals surface area contributed by atoms with Crippen LogP contribution in [0.1, 0.15) is 17.3 Å². The fraction of sp³-hybridized carbons (Fsp3) is 0.188. The minimum absolute atomic E-state index is 0.116. The summed E-state index contributed by atoms with van der Waals surface area (Å²) in [5.74, 6) is -0.645. The topological polar surface area (TPSA) is 58.6 Å². The number of aromatic carboxylic acids is 1. The number of hydrogen-bond donors (Lipinski definition) is 2. The molecule has 0 saturated carbocycles. The molecule has 21 heavy (non-hydrogen) atoms. The zero-order chi connectivity index (χ0) is 15.2. The van der Waals surface area contributed by atoms with Crippen molar-refractivity contribution >= 4 is 11.7 Å². The fourth-order valence-electron chi connectivity index (χ4n) is 1.78. The van der Waals surface area contributed by atoms with E-state index in [-0.39, 0.29) is 17.5 Å². The molecule has 110 valence electrons. The molecule has 0 saturated heterocycles. The molecule has 0 fully saturated rings. The van der Waals surface area contributed by atoms with Gasteiger partial charge in [-0.05, 0) is 55.5 Å². The van der Waals surface area contributed by atoms with Gasteiger partial charge in [0.25, 0.3) is 0 Å². The first-order valence-electron chi connectivity index (χ1n) is 6.54. The fourth-order valence-corrected chi connectivity index (χ4v) is 1.78. The highest BCUT2D eigenvalue weighted by Gasteiger charge is 2.05. The third kappa shape index (κ3) is 4.49. The molecule has 0 heterocycles. The Morgan fingerprint density at radius 2 is 1.81 bits per heavy atom. The summed E-state index contributed by atoms with van der Waals surface area (Å²) in [6.45, 7) is 2.44. The molecule has 0 aliphatic carbocycles. The van der Waals surface area contributed by atoms with Crippen molar-refractivity contribution in [3.05, 3.63) is 59.9 Å². The second kappa shape index (κ2) is 6.74. The van der Waals surface area contributed by atoms with Crippen molar-refractivity contribution in [2.45, 2.75) is 13.0 Å². The number of rotatable bonds is 6. The Balaban J connectivity index is 1.84. The first-order chi connectivity index (χ1) is 10.0. The molecule has 5 heteroatoms. The summed E-state index contributed by atoms with van der Waals surface area (Å²) in [7, 11) is 0. The summed E-state index contributed by atoms with van der Waals surface area (Å²) in [4.78, 5) is 10.7. The summed E-state index contributed by atoms with van der Waals surface area (Å²) >= 11 is 0. The molecule has 2 rings (SSSR count). The summed E-state index contributed by atoms with van der Waals surface area (Å²) in [6, 6.07) is 12.3. The maximum atomic E-state index is 12.8. The van der Waals surface area contributed by atoms with Gasteiger partial charge >= 0.3 is 5.97 Å². The van der Waals surface area contributed by atoms with Gasteiger partial charge in [0.1, 0.15) is 17.7 Å². The van der Waals surface area contributed by atoms with Crippen LogP contribution < -0.4 is 10.1 Å². The minimum Gasteiger partial charge on any atom is -0.489 e. The molecular formula is C16H16FNO3. The normalized spacial score (nSPS) is 11.7. The van der Waals surface area contributed by atoms with E-state index in [1.54, 1.807) is 24.3 Å². The van der Waals surface area contributed by atoms with Gasteiger partial charge < -0.3 is 15.2 Å². The predicted molar refractivity (Wildman–Crippen MR) is 78.4 cm³/mol. The quantitative estimate of drug-likeness (QED) is 0.855. The third-order valence-corrected chi connectivity index (χ3v) is 2.88. The second-order valence-electron chi connectivity index (χ2n) is 4.65. The van der Waals surface area contributed by atoms with Crippen molar-refractivity contribution in [1.82, 2.24) is 0 Å². The van der Waals surface area contributed by atoms with Crippen LogP contribution in [0.2, 0.25) is 0 Å². The van der Waals surface area contributed by atoms with Gasteiger partial charge in [0.2, 0.25) is 0 Å². The van der Waals surface area contributed by atoms with E-state index in [0.717, 1.165) is 5.69 Å². The van der Waals surface area contributed by atoms with Crippen molar-refractivity contribution in [3.63, 3.8) is 0 Å². The Morgan fingerprint density at radius 3 is 2.38 bits per heavy atom. The summed E-state index contributed by atoms with van der Waals surface area (Å²) in [5.41, 5.74) is 1.06. The number of carboxylic acid groups (broad SMARTS) is 1. The van der Waals surface area contributed by atoms with Crippen molar-refractivity contribution in [2.75, 3.05) is 11.9 Å². The second-order valence-corrected chi connectivity index (χ2v) is 4.65. The molecule has 0 amide bonds. The van der Waals surface area contributed by atoms with Crippen LogP contribution in [0.15, 0.2) is 48.5 Å². The number of halogens is 1. The van der Waals surface area contributed by atoms with Gasteiger partial charge in [-0.3, -0.25) is 0 Å². The van der Waals surface area contributed by atoms with E-state index >= 15 is 0 Å². The lowest BCUT2D eigenvalue weighted by atomic mass is 10.2. The highest BCUT2D eigenvalue weighted by atomic mass is 19.1. The maximum absolute atomic E-state index is 12.8. The zero-order valence-electron chi connectivity index (χ0n) is 11.5. The molecule has 0 radical (unpaired) electrons. The molecule has 1 unspecified atom stereocenters. The molecule has 1 atom stereocenters. The number of anilines is 1. The van der Waals surface area contributed by atoms with Crippen LogP contribution >= 0.6 is 0 Å². The van der Waals surface area contributed by atoms with Crippen molar-refractivity contribution < 1.29 is 19.0 Å². The minimum atomic E-state index is -0.949. The lowest BCUT2D eigenvalue weighted by molar-refractivity contribution is 0.0697. The van der Waals surface area contributed by atoms with E-state index in [1.165, 1.54) is 24.3 Å². The van der Waals surface area contributed by atoms with Gasteiger partial charge in [0, 0.05) is 5.69 Å². The zero-order valence-corrected chi connectivity index (χ0v) is 11.5. The van der Waals surface area contributed by atoms with Crippen LogP contribution in [-0.2, 0) is 0 Å². The number of ether oxygens (including phenoxy) is 1. The van der Waals surface area contributed by atoms with Crippen molar-refractivity contribution in [2.24, 2.45) is 0 Å². The van der Waals surface area contributed by atoms with Gasteiger partial charge in [-0.2, -0.15) is 0 Å². The number of carbonyl (C=O) groups is 1. The Kier molecular flexibility index (Phi) is 4.77.